The molecule has 2 aliphatic heterocycles. The first-order valence-corrected chi connectivity index (χ1v) is 11.9. The summed E-state index contributed by atoms with van der Waals surface area (Å²) in [5.74, 6) is 1.62. The van der Waals surface area contributed by atoms with Gasteiger partial charge in [0, 0.05) is 49.2 Å². The Morgan fingerprint density at radius 3 is 2.58 bits per heavy atom. The Morgan fingerprint density at radius 1 is 1.16 bits per heavy atom. The monoisotopic (exact) mass is 443 g/mol. The van der Waals surface area contributed by atoms with E-state index in [4.69, 9.17) is 9.97 Å². The molecule has 8 heteroatoms. The van der Waals surface area contributed by atoms with Gasteiger partial charge in [-0.3, -0.25) is 4.79 Å². The normalized spacial score (nSPS) is 17.1. The van der Waals surface area contributed by atoms with Gasteiger partial charge in [0.25, 0.3) is 0 Å². The second-order valence-electron chi connectivity index (χ2n) is 8.51. The standard InChI is InChI=1S/C23H30FN5OS/c1-15(2)25-22-23(27-20-14-29(16(3)30)13-10-19(20)26-22)28-11-8-17(9-12-28)31-21-7-5-4-6-18(21)24/h4-7,15,17H,8-14H2,1-3H3,(H,25,26). The predicted octanol–water partition coefficient (Wildman–Crippen LogP) is 4.10. The van der Waals surface area contributed by atoms with Crippen molar-refractivity contribution in [2.45, 2.75) is 62.8 Å². The summed E-state index contributed by atoms with van der Waals surface area (Å²) in [5.41, 5.74) is 1.88. The molecule has 0 aliphatic carbocycles. The van der Waals surface area contributed by atoms with Crippen molar-refractivity contribution in [2.75, 3.05) is 29.9 Å². The van der Waals surface area contributed by atoms with Crippen LogP contribution in [0.1, 0.15) is 45.0 Å². The van der Waals surface area contributed by atoms with Gasteiger partial charge in [-0.05, 0) is 38.8 Å². The Bertz CT molecular complexity index is 946. The minimum absolute atomic E-state index is 0.0735. The van der Waals surface area contributed by atoms with E-state index in [0.717, 1.165) is 60.3 Å². The van der Waals surface area contributed by atoms with E-state index in [0.29, 0.717) is 18.3 Å². The molecule has 1 saturated heterocycles. The summed E-state index contributed by atoms with van der Waals surface area (Å²) in [6, 6.07) is 7.24. The fourth-order valence-electron chi connectivity index (χ4n) is 4.09. The van der Waals surface area contributed by atoms with E-state index in [2.05, 4.69) is 24.1 Å². The number of aromatic nitrogens is 2. The van der Waals surface area contributed by atoms with Gasteiger partial charge in [-0.15, -0.1) is 11.8 Å². The van der Waals surface area contributed by atoms with Crippen LogP contribution in [-0.4, -0.2) is 51.7 Å². The molecule has 0 unspecified atom stereocenters. The molecule has 1 N–H and O–H groups in total. The van der Waals surface area contributed by atoms with E-state index >= 15 is 0 Å². The van der Waals surface area contributed by atoms with E-state index < -0.39 is 0 Å². The third-order valence-electron chi connectivity index (χ3n) is 5.73. The van der Waals surface area contributed by atoms with Crippen molar-refractivity contribution in [1.29, 1.82) is 0 Å². The fraction of sp³-hybridized carbons (Fsp3) is 0.522. The van der Waals surface area contributed by atoms with Gasteiger partial charge in [0.05, 0.1) is 17.9 Å². The number of rotatable bonds is 5. The van der Waals surface area contributed by atoms with E-state index in [1.54, 1.807) is 24.8 Å². The second-order valence-corrected chi connectivity index (χ2v) is 9.86. The number of amides is 1. The minimum atomic E-state index is -0.145. The van der Waals surface area contributed by atoms with Crippen LogP contribution in [0.3, 0.4) is 0 Å². The van der Waals surface area contributed by atoms with Crippen LogP contribution in [0.2, 0.25) is 0 Å². The van der Waals surface area contributed by atoms with Crippen LogP contribution >= 0.6 is 11.8 Å². The summed E-state index contributed by atoms with van der Waals surface area (Å²) in [6.07, 6.45) is 2.65. The highest BCUT2D eigenvalue weighted by Crippen LogP contribution is 2.35. The van der Waals surface area contributed by atoms with Crippen molar-refractivity contribution in [3.8, 4) is 0 Å². The summed E-state index contributed by atoms with van der Waals surface area (Å²) < 4.78 is 14.0. The molecule has 1 amide bonds. The molecule has 1 aromatic heterocycles. The molecule has 0 spiro atoms. The Hall–Kier alpha value is -2.35. The summed E-state index contributed by atoms with van der Waals surface area (Å²) in [6.45, 7) is 8.71. The molecule has 1 fully saturated rings. The van der Waals surface area contributed by atoms with E-state index in [9.17, 15) is 9.18 Å². The molecule has 4 rings (SSSR count). The number of nitrogens with one attached hydrogen (secondary N) is 1. The summed E-state index contributed by atoms with van der Waals surface area (Å²) in [4.78, 5) is 26.6. The second kappa shape index (κ2) is 9.42. The zero-order chi connectivity index (χ0) is 22.0. The molecule has 0 saturated carbocycles. The fourth-order valence-corrected chi connectivity index (χ4v) is 5.23. The summed E-state index contributed by atoms with van der Waals surface area (Å²) in [5, 5.41) is 3.85. The zero-order valence-electron chi connectivity index (χ0n) is 18.4. The number of benzene rings is 1. The largest absolute Gasteiger partial charge is 0.365 e. The lowest BCUT2D eigenvalue weighted by Crippen LogP contribution is -2.38. The van der Waals surface area contributed by atoms with E-state index in [-0.39, 0.29) is 17.8 Å². The number of halogens is 1. The van der Waals surface area contributed by atoms with Gasteiger partial charge in [0.1, 0.15) is 5.82 Å². The van der Waals surface area contributed by atoms with E-state index in [1.165, 1.54) is 6.07 Å². The maximum atomic E-state index is 14.0. The predicted molar refractivity (Wildman–Crippen MR) is 123 cm³/mol. The van der Waals surface area contributed by atoms with E-state index in [1.807, 2.05) is 17.0 Å². The molecule has 0 bridgehead atoms. The van der Waals surface area contributed by atoms with Gasteiger partial charge in [-0.25, -0.2) is 14.4 Å². The number of fused-ring (bicyclic) bond motifs is 1. The SMILES string of the molecule is CC(=O)N1CCc2nc(NC(C)C)c(N3CCC(Sc4ccccc4F)CC3)nc2C1. The molecule has 0 atom stereocenters. The number of carbonyl (C=O) groups excluding carboxylic acids is 1. The first-order chi connectivity index (χ1) is 14.9. The lowest BCUT2D eigenvalue weighted by Gasteiger charge is -2.35. The van der Waals surface area contributed by atoms with Crippen LogP contribution in [0.5, 0.6) is 0 Å². The lowest BCUT2D eigenvalue weighted by molar-refractivity contribution is -0.129. The molecular weight excluding hydrogens is 413 g/mol. The summed E-state index contributed by atoms with van der Waals surface area (Å²) >= 11 is 1.63. The average molecular weight is 444 g/mol. The van der Waals surface area contributed by atoms with Crippen LogP contribution in [-0.2, 0) is 17.8 Å². The van der Waals surface area contributed by atoms with Crippen LogP contribution in [0.4, 0.5) is 16.0 Å². The number of hydrogen-bond acceptors (Lipinski definition) is 6. The molecule has 2 aromatic rings. The number of carbonyl (C=O) groups is 1. The van der Waals surface area contributed by atoms with Crippen molar-refractivity contribution in [3.63, 3.8) is 0 Å². The van der Waals surface area contributed by atoms with Gasteiger partial charge in [-0.1, -0.05) is 12.1 Å². The van der Waals surface area contributed by atoms with Crippen LogP contribution < -0.4 is 10.2 Å². The van der Waals surface area contributed by atoms with Crippen molar-refractivity contribution >= 4 is 29.3 Å². The molecule has 2 aliphatic rings. The van der Waals surface area contributed by atoms with Gasteiger partial charge in [-0.2, -0.15) is 0 Å². The number of nitrogens with zero attached hydrogens (tertiary/aromatic N) is 4. The maximum absolute atomic E-state index is 14.0. The van der Waals surface area contributed by atoms with Gasteiger partial charge in [0.15, 0.2) is 11.6 Å². The minimum Gasteiger partial charge on any atom is -0.365 e. The number of piperidine rings is 1. The summed E-state index contributed by atoms with van der Waals surface area (Å²) in [7, 11) is 0. The van der Waals surface area contributed by atoms with Crippen molar-refractivity contribution in [1.82, 2.24) is 14.9 Å². The number of hydrogen-bond donors (Lipinski definition) is 1. The zero-order valence-corrected chi connectivity index (χ0v) is 19.2. The Balaban J connectivity index is 1.51. The van der Waals surface area contributed by atoms with Crippen molar-refractivity contribution in [3.05, 3.63) is 41.5 Å². The van der Waals surface area contributed by atoms with Gasteiger partial charge in [0.2, 0.25) is 5.91 Å². The smallest absolute Gasteiger partial charge is 0.219 e. The lowest BCUT2D eigenvalue weighted by atomic mass is 10.1. The van der Waals surface area contributed by atoms with Crippen LogP contribution in [0.15, 0.2) is 29.2 Å². The molecular formula is C23H30FN5OS. The quantitative estimate of drug-likeness (QED) is 0.751. The third kappa shape index (κ3) is 5.11. The first-order valence-electron chi connectivity index (χ1n) is 11.0. The Labute approximate surface area is 187 Å². The molecule has 166 valence electrons. The van der Waals surface area contributed by atoms with Crippen molar-refractivity contribution < 1.29 is 9.18 Å². The average Bonchev–Trinajstić information content (AvgIpc) is 2.75. The number of thioether (sulfide) groups is 1. The van der Waals surface area contributed by atoms with Gasteiger partial charge < -0.3 is 15.1 Å². The highest BCUT2D eigenvalue weighted by Gasteiger charge is 2.28. The topological polar surface area (TPSA) is 61.4 Å². The van der Waals surface area contributed by atoms with Gasteiger partial charge >= 0.3 is 0 Å². The third-order valence-corrected chi connectivity index (χ3v) is 7.12. The first kappa shape index (κ1) is 21.9. The highest BCUT2D eigenvalue weighted by molar-refractivity contribution is 8.00. The van der Waals surface area contributed by atoms with Crippen LogP contribution in [0, 0.1) is 5.82 Å². The highest BCUT2D eigenvalue weighted by atomic mass is 32.2. The molecule has 6 nitrogen and oxygen atoms in total. The molecule has 3 heterocycles. The Morgan fingerprint density at radius 2 is 1.90 bits per heavy atom. The van der Waals surface area contributed by atoms with Crippen molar-refractivity contribution in [2.24, 2.45) is 0 Å². The Kier molecular flexibility index (Phi) is 6.65. The maximum Gasteiger partial charge on any atom is 0.219 e. The van der Waals surface area contributed by atoms with Crippen LogP contribution in [0.25, 0.3) is 0 Å². The number of anilines is 2. The molecule has 31 heavy (non-hydrogen) atoms. The molecule has 0 radical (unpaired) electrons. The molecule has 1 aromatic carbocycles.